The van der Waals surface area contributed by atoms with Crippen LogP contribution >= 0.6 is 0 Å². The number of rotatable bonds is 14. The van der Waals surface area contributed by atoms with E-state index in [1.807, 2.05) is 0 Å². The topological polar surface area (TPSA) is 244 Å². The molecule has 0 radical (unpaired) electrons. The predicted molar refractivity (Wildman–Crippen MR) is 176 cm³/mol. The van der Waals surface area contributed by atoms with Gasteiger partial charge in [0.05, 0.1) is 0 Å². The molecule has 8 N–H and O–H groups in total. The average Bonchev–Trinajstić information content (AvgIpc) is 3.03. The second-order valence-electron chi connectivity index (χ2n) is 9.70. The third-order valence-corrected chi connectivity index (χ3v) is 6.18. The fourth-order valence-electron chi connectivity index (χ4n) is 3.92. The fourth-order valence-corrected chi connectivity index (χ4v) is 3.92. The molecule has 0 saturated heterocycles. The summed E-state index contributed by atoms with van der Waals surface area (Å²) in [5.41, 5.74) is 1.88. The van der Waals surface area contributed by atoms with Crippen molar-refractivity contribution in [2.75, 3.05) is 16.0 Å². The number of aliphatic hydroxyl groups is 1. The molecule has 0 saturated carbocycles. The third-order valence-electron chi connectivity index (χ3n) is 6.18. The van der Waals surface area contributed by atoms with Gasteiger partial charge in [0.25, 0.3) is 0 Å². The molecule has 4 rings (SSSR count). The van der Waals surface area contributed by atoms with Crippen LogP contribution < -0.4 is 16.0 Å². The minimum atomic E-state index is -1.58. The first-order valence-corrected chi connectivity index (χ1v) is 13.7. The summed E-state index contributed by atoms with van der Waals surface area (Å²) in [7, 11) is 0. The summed E-state index contributed by atoms with van der Waals surface area (Å²) in [6.07, 6.45) is 4.73. The Morgan fingerprint density at radius 1 is 0.521 bits per heavy atom. The normalized spacial score (nSPS) is 11.0. The van der Waals surface area contributed by atoms with Crippen LogP contribution in [0.2, 0.25) is 0 Å². The van der Waals surface area contributed by atoms with Gasteiger partial charge in [-0.2, -0.15) is 15.0 Å². The predicted octanol–water partition coefficient (Wildman–Crippen LogP) is 5.29. The number of benzene rings is 3. The van der Waals surface area contributed by atoms with Crippen LogP contribution in [0.1, 0.15) is 16.7 Å². The summed E-state index contributed by atoms with van der Waals surface area (Å²) in [4.78, 5) is 57.8. The Bertz CT molecular complexity index is 1830. The maximum absolute atomic E-state index is 11.4. The summed E-state index contributed by atoms with van der Waals surface area (Å²) in [6.45, 7) is 3.26. The van der Waals surface area contributed by atoms with E-state index in [1.165, 1.54) is 24.3 Å². The number of carbonyl (C=O) groups is 4. The van der Waals surface area contributed by atoms with E-state index >= 15 is 0 Å². The summed E-state index contributed by atoms with van der Waals surface area (Å²) in [5.74, 6) is -5.85. The van der Waals surface area contributed by atoms with Crippen molar-refractivity contribution in [3.63, 3.8) is 0 Å². The van der Waals surface area contributed by atoms with Gasteiger partial charge in [-0.1, -0.05) is 43.0 Å². The molecule has 3 aromatic carbocycles. The Kier molecular flexibility index (Phi) is 10.6. The number of nitrogens with zero attached hydrogens (tertiary/aromatic N) is 3. The third kappa shape index (κ3) is 9.60. The molecule has 0 aliphatic heterocycles. The van der Waals surface area contributed by atoms with Crippen molar-refractivity contribution >= 4 is 77.0 Å². The number of hydrogen-bond acceptors (Lipinski definition) is 11. The highest BCUT2D eigenvalue weighted by Crippen LogP contribution is 2.23. The van der Waals surface area contributed by atoms with Crippen LogP contribution in [0.4, 0.5) is 34.9 Å². The van der Waals surface area contributed by atoms with Crippen molar-refractivity contribution in [1.29, 1.82) is 0 Å². The first-order chi connectivity index (χ1) is 22.9. The lowest BCUT2D eigenvalue weighted by molar-refractivity contribution is -0.140. The highest BCUT2D eigenvalue weighted by atomic mass is 16.4. The van der Waals surface area contributed by atoms with Crippen molar-refractivity contribution in [2.45, 2.75) is 0 Å². The van der Waals surface area contributed by atoms with Gasteiger partial charge in [0.15, 0.2) is 0 Å². The zero-order valence-corrected chi connectivity index (χ0v) is 24.7. The summed E-state index contributed by atoms with van der Waals surface area (Å²) in [5, 5.41) is 55.0. The van der Waals surface area contributed by atoms with Gasteiger partial charge in [0.2, 0.25) is 17.8 Å². The van der Waals surface area contributed by atoms with Crippen LogP contribution in [0.15, 0.2) is 102 Å². The Labute approximate surface area is 271 Å². The lowest BCUT2D eigenvalue weighted by atomic mass is 10.1. The maximum atomic E-state index is 11.4. The van der Waals surface area contributed by atoms with Crippen molar-refractivity contribution in [3.05, 3.63) is 119 Å². The standard InChI is InChI=1S/C33H26N6O9/c1-18(40)25(28(43)44)16-20-4-11-23(12-5-20)35-32-37-31(34-22-9-2-19(3-10-22)8-15-27(41)42)38-33(39-32)36-24-13-6-21(7-14-24)17-26(29(45)46)30(47)48/h2-17,40H,1H2,(H,41,42)(H,43,44)(H,45,46)(H,47,48)(H3,34,35,36,37,38,39)/b15-8+,25-16-. The highest BCUT2D eigenvalue weighted by molar-refractivity contribution is 6.16. The fraction of sp³-hybridized carbons (Fsp3) is 0. The molecule has 0 fully saturated rings. The Hall–Kier alpha value is -7.29. The molecule has 15 heteroatoms. The van der Waals surface area contributed by atoms with E-state index in [1.54, 1.807) is 60.7 Å². The largest absolute Gasteiger partial charge is 0.508 e. The van der Waals surface area contributed by atoms with Gasteiger partial charge in [-0.15, -0.1) is 0 Å². The van der Waals surface area contributed by atoms with Gasteiger partial charge in [-0.05, 0) is 71.3 Å². The van der Waals surface area contributed by atoms with E-state index in [0.717, 1.165) is 12.2 Å². The molecule has 0 aliphatic carbocycles. The van der Waals surface area contributed by atoms with Crippen LogP contribution in [0, 0.1) is 0 Å². The minimum Gasteiger partial charge on any atom is -0.508 e. The second kappa shape index (κ2) is 15.1. The molecular formula is C33H26N6O9. The molecule has 15 nitrogen and oxygen atoms in total. The summed E-state index contributed by atoms with van der Waals surface area (Å²) >= 11 is 0. The van der Waals surface area contributed by atoms with Gasteiger partial charge in [-0.3, -0.25) is 0 Å². The first-order valence-electron chi connectivity index (χ1n) is 13.7. The van der Waals surface area contributed by atoms with Crippen molar-refractivity contribution in [1.82, 2.24) is 15.0 Å². The number of hydrogen-bond donors (Lipinski definition) is 8. The number of aliphatic hydroxyl groups excluding tert-OH is 1. The van der Waals surface area contributed by atoms with Crippen LogP contribution in [0.25, 0.3) is 18.2 Å². The molecule has 0 bridgehead atoms. The van der Waals surface area contributed by atoms with Gasteiger partial charge in [0, 0.05) is 23.1 Å². The number of carboxylic acids is 4. The van der Waals surface area contributed by atoms with Crippen LogP contribution in [0.5, 0.6) is 0 Å². The molecule has 1 heterocycles. The van der Waals surface area contributed by atoms with Gasteiger partial charge in [-0.25, -0.2) is 19.2 Å². The molecule has 0 amide bonds. The first kappa shape index (κ1) is 33.6. The molecule has 242 valence electrons. The van der Waals surface area contributed by atoms with E-state index in [0.29, 0.717) is 33.8 Å². The zero-order chi connectivity index (χ0) is 34.8. The maximum Gasteiger partial charge on any atom is 0.343 e. The lowest BCUT2D eigenvalue weighted by Crippen LogP contribution is -2.10. The van der Waals surface area contributed by atoms with Crippen LogP contribution in [-0.4, -0.2) is 64.4 Å². The summed E-state index contributed by atoms with van der Waals surface area (Å²) < 4.78 is 0. The van der Waals surface area contributed by atoms with Gasteiger partial charge >= 0.3 is 23.9 Å². The van der Waals surface area contributed by atoms with E-state index in [-0.39, 0.29) is 23.4 Å². The zero-order valence-electron chi connectivity index (χ0n) is 24.7. The van der Waals surface area contributed by atoms with Crippen molar-refractivity contribution in [3.8, 4) is 0 Å². The number of aliphatic carboxylic acids is 4. The SMILES string of the molecule is C=C(O)/C(=C/c1ccc(Nc2nc(Nc3ccc(C=C(C(=O)O)C(=O)O)cc3)nc(Nc3ccc(/C=C/C(=O)O)cc3)n2)cc1)C(=O)O. The van der Waals surface area contributed by atoms with E-state index < -0.39 is 35.2 Å². The van der Waals surface area contributed by atoms with Crippen molar-refractivity contribution in [2.24, 2.45) is 0 Å². The van der Waals surface area contributed by atoms with Gasteiger partial charge < -0.3 is 41.5 Å². The molecule has 0 spiro atoms. The highest BCUT2D eigenvalue weighted by Gasteiger charge is 2.16. The van der Waals surface area contributed by atoms with E-state index in [2.05, 4.69) is 37.5 Å². The monoisotopic (exact) mass is 650 g/mol. The van der Waals surface area contributed by atoms with E-state index in [9.17, 15) is 29.4 Å². The Morgan fingerprint density at radius 3 is 1.17 bits per heavy atom. The smallest absolute Gasteiger partial charge is 0.343 e. The average molecular weight is 651 g/mol. The molecule has 48 heavy (non-hydrogen) atoms. The number of anilines is 6. The quantitative estimate of drug-likeness (QED) is 0.0284. The lowest BCUT2D eigenvalue weighted by Gasteiger charge is -2.12. The van der Waals surface area contributed by atoms with E-state index in [4.69, 9.17) is 15.3 Å². The second-order valence-corrected chi connectivity index (χ2v) is 9.70. The molecule has 1 aromatic heterocycles. The molecule has 0 atom stereocenters. The summed E-state index contributed by atoms with van der Waals surface area (Å²) in [6, 6.07) is 19.4. The number of nitrogens with one attached hydrogen (secondary N) is 3. The van der Waals surface area contributed by atoms with Crippen LogP contribution in [0.3, 0.4) is 0 Å². The van der Waals surface area contributed by atoms with Gasteiger partial charge in [0.1, 0.15) is 16.9 Å². The molecule has 0 aliphatic rings. The molecule has 4 aromatic rings. The minimum absolute atomic E-state index is 0.0863. The Morgan fingerprint density at radius 2 is 0.854 bits per heavy atom. The Balaban J connectivity index is 1.62. The molecular weight excluding hydrogens is 624 g/mol. The number of aromatic nitrogens is 3. The number of carboxylic acid groups (broad SMARTS) is 4. The van der Waals surface area contributed by atoms with Crippen molar-refractivity contribution < 1.29 is 44.7 Å². The van der Waals surface area contributed by atoms with Crippen LogP contribution in [-0.2, 0) is 19.2 Å². The molecule has 0 unspecified atom stereocenters.